The summed E-state index contributed by atoms with van der Waals surface area (Å²) < 4.78 is 32.9. The molecular weight excluding hydrogens is 551 g/mol. The minimum Gasteiger partial charge on any atom is -0.487 e. The number of amides is 2. The third-order valence-electron chi connectivity index (χ3n) is 6.60. The summed E-state index contributed by atoms with van der Waals surface area (Å²) in [6.07, 6.45) is 0.539. The van der Waals surface area contributed by atoms with Gasteiger partial charge < -0.3 is 25.3 Å². The quantitative estimate of drug-likeness (QED) is 0.242. The van der Waals surface area contributed by atoms with Gasteiger partial charge in [0.2, 0.25) is 11.9 Å². The van der Waals surface area contributed by atoms with Crippen molar-refractivity contribution in [1.82, 2.24) is 20.2 Å². The monoisotopic (exact) mass is 579 g/mol. The highest BCUT2D eigenvalue weighted by molar-refractivity contribution is 6.39. The van der Waals surface area contributed by atoms with Crippen LogP contribution >= 0.6 is 23.2 Å². The molecule has 1 aliphatic rings. The van der Waals surface area contributed by atoms with E-state index in [9.17, 15) is 18.4 Å². The van der Waals surface area contributed by atoms with Gasteiger partial charge in [-0.3, -0.25) is 9.59 Å². The van der Waals surface area contributed by atoms with Crippen LogP contribution in [0.25, 0.3) is 11.0 Å². The highest BCUT2D eigenvalue weighted by Gasteiger charge is 2.23. The molecule has 39 heavy (non-hydrogen) atoms. The predicted octanol–water partition coefficient (Wildman–Crippen LogP) is 5.99. The number of anilines is 2. The SMILES string of the molecule is C=C(C)C(=O)NCc1ccc(Cl)c(Nc2nc3cc(C(=O)NCC4CCC4)c(OCC(F)F)cc3n2C)c1Cl. The smallest absolute Gasteiger partial charge is 0.272 e. The number of fused-ring (bicyclic) bond motifs is 1. The number of ether oxygens (including phenoxy) is 1. The molecule has 0 radical (unpaired) electrons. The van der Waals surface area contributed by atoms with Gasteiger partial charge in [0.25, 0.3) is 12.3 Å². The molecule has 1 aromatic heterocycles. The fourth-order valence-electron chi connectivity index (χ4n) is 4.09. The van der Waals surface area contributed by atoms with Gasteiger partial charge in [-0.05, 0) is 43.4 Å². The molecule has 2 amide bonds. The summed E-state index contributed by atoms with van der Waals surface area (Å²) in [6, 6.07) is 6.37. The predicted molar refractivity (Wildman–Crippen MR) is 148 cm³/mol. The highest BCUT2D eigenvalue weighted by atomic mass is 35.5. The van der Waals surface area contributed by atoms with E-state index in [1.54, 1.807) is 30.7 Å². The number of alkyl halides is 2. The zero-order valence-electron chi connectivity index (χ0n) is 21.5. The molecule has 12 heteroatoms. The number of benzene rings is 2. The van der Waals surface area contributed by atoms with E-state index < -0.39 is 18.9 Å². The average Bonchev–Trinajstić information content (AvgIpc) is 3.16. The summed E-state index contributed by atoms with van der Waals surface area (Å²) in [7, 11) is 1.71. The van der Waals surface area contributed by atoms with E-state index in [0.29, 0.717) is 51.3 Å². The second-order valence-corrected chi connectivity index (χ2v) is 10.3. The molecule has 0 bridgehead atoms. The van der Waals surface area contributed by atoms with Gasteiger partial charge >= 0.3 is 0 Å². The van der Waals surface area contributed by atoms with Crippen LogP contribution in [0.2, 0.25) is 10.0 Å². The van der Waals surface area contributed by atoms with E-state index in [0.717, 1.165) is 19.3 Å². The Labute approximate surface area is 234 Å². The summed E-state index contributed by atoms with van der Waals surface area (Å²) in [4.78, 5) is 29.5. The third-order valence-corrected chi connectivity index (χ3v) is 7.35. The molecule has 0 spiro atoms. The highest BCUT2D eigenvalue weighted by Crippen LogP contribution is 2.37. The Balaban J connectivity index is 1.64. The topological polar surface area (TPSA) is 97.3 Å². The Kier molecular flexibility index (Phi) is 8.97. The molecule has 0 unspecified atom stereocenters. The van der Waals surface area contributed by atoms with Crippen LogP contribution in [0, 0.1) is 5.92 Å². The first-order valence-corrected chi connectivity index (χ1v) is 13.2. The molecule has 0 atom stereocenters. The summed E-state index contributed by atoms with van der Waals surface area (Å²) in [5, 5.41) is 9.33. The molecule has 3 aromatic rings. The van der Waals surface area contributed by atoms with Gasteiger partial charge in [0.15, 0.2) is 0 Å². The average molecular weight is 580 g/mol. The van der Waals surface area contributed by atoms with Gasteiger partial charge in [0.05, 0.1) is 32.3 Å². The number of carbonyl (C=O) groups is 2. The largest absolute Gasteiger partial charge is 0.487 e. The first kappa shape index (κ1) is 28.6. The standard InChI is InChI=1S/C27H29Cl2F2N5O3/c1-14(2)25(37)33-12-16-7-8-18(28)24(23(16)29)35-27-34-19-9-17(26(38)32-11-15-5-4-6-15)21(39-13-22(30)31)10-20(19)36(27)3/h7-10,15,22H,1,4-6,11-13H2,2-3H3,(H,32,38)(H,33,37)(H,34,35). The number of aryl methyl sites for hydroxylation is 1. The van der Waals surface area contributed by atoms with Crippen molar-refractivity contribution in [2.24, 2.45) is 13.0 Å². The second-order valence-electron chi connectivity index (χ2n) is 9.52. The molecule has 4 rings (SSSR count). The number of nitrogens with one attached hydrogen (secondary N) is 3. The molecule has 8 nitrogen and oxygen atoms in total. The van der Waals surface area contributed by atoms with E-state index >= 15 is 0 Å². The van der Waals surface area contributed by atoms with Gasteiger partial charge in [0.1, 0.15) is 12.4 Å². The van der Waals surface area contributed by atoms with E-state index in [1.165, 1.54) is 12.1 Å². The summed E-state index contributed by atoms with van der Waals surface area (Å²) in [5.41, 5.74) is 2.45. The Morgan fingerprint density at radius 1 is 1.23 bits per heavy atom. The molecule has 1 saturated carbocycles. The normalized spacial score (nSPS) is 13.3. The van der Waals surface area contributed by atoms with Gasteiger partial charge in [-0.15, -0.1) is 0 Å². The Morgan fingerprint density at radius 2 is 1.97 bits per heavy atom. The summed E-state index contributed by atoms with van der Waals surface area (Å²) in [6.45, 7) is 5.04. The number of aromatic nitrogens is 2. The zero-order chi connectivity index (χ0) is 28.3. The van der Waals surface area contributed by atoms with Crippen molar-refractivity contribution in [3.63, 3.8) is 0 Å². The number of rotatable bonds is 11. The van der Waals surface area contributed by atoms with Crippen molar-refractivity contribution >= 4 is 57.7 Å². The Bertz CT molecular complexity index is 1420. The molecule has 0 saturated heterocycles. The van der Waals surface area contributed by atoms with E-state index in [1.807, 2.05) is 0 Å². The van der Waals surface area contributed by atoms with E-state index in [4.69, 9.17) is 27.9 Å². The Hall–Kier alpha value is -3.37. The van der Waals surface area contributed by atoms with Gasteiger partial charge in [0, 0.05) is 31.8 Å². The van der Waals surface area contributed by atoms with Crippen molar-refractivity contribution < 1.29 is 23.1 Å². The van der Waals surface area contributed by atoms with Crippen molar-refractivity contribution in [1.29, 1.82) is 0 Å². The minimum absolute atomic E-state index is 0.0368. The molecule has 3 N–H and O–H groups in total. The molecule has 208 valence electrons. The number of carbonyl (C=O) groups excluding carboxylic acids is 2. The van der Waals surface area contributed by atoms with Crippen molar-refractivity contribution in [2.75, 3.05) is 18.5 Å². The van der Waals surface area contributed by atoms with Gasteiger partial charge in [-0.2, -0.15) is 0 Å². The molecule has 0 aliphatic heterocycles. The first-order chi connectivity index (χ1) is 18.5. The van der Waals surface area contributed by atoms with Crippen LogP contribution in [0.15, 0.2) is 36.4 Å². The third kappa shape index (κ3) is 6.62. The van der Waals surface area contributed by atoms with E-state index in [-0.39, 0.29) is 28.8 Å². The maximum Gasteiger partial charge on any atom is 0.272 e. The fourth-order valence-corrected chi connectivity index (χ4v) is 4.63. The van der Waals surface area contributed by atoms with Crippen molar-refractivity contribution in [3.8, 4) is 5.75 Å². The number of hydrogen-bond donors (Lipinski definition) is 3. The summed E-state index contributed by atoms with van der Waals surface area (Å²) in [5.74, 6) is 0.0822. The molecule has 1 aliphatic carbocycles. The number of imidazole rings is 1. The van der Waals surface area contributed by atoms with Crippen LogP contribution in [0.5, 0.6) is 5.75 Å². The lowest BCUT2D eigenvalue weighted by Gasteiger charge is -2.25. The second kappa shape index (κ2) is 12.2. The van der Waals surface area contributed by atoms with Gasteiger partial charge in [-0.1, -0.05) is 42.3 Å². The zero-order valence-corrected chi connectivity index (χ0v) is 23.1. The van der Waals surface area contributed by atoms with Crippen molar-refractivity contribution in [3.05, 3.63) is 57.6 Å². The summed E-state index contributed by atoms with van der Waals surface area (Å²) >= 11 is 13.0. The van der Waals surface area contributed by atoms with Gasteiger partial charge in [-0.25, -0.2) is 13.8 Å². The lowest BCUT2D eigenvalue weighted by Crippen LogP contribution is -2.32. The maximum atomic E-state index is 13.0. The Morgan fingerprint density at radius 3 is 2.62 bits per heavy atom. The molecule has 2 aromatic carbocycles. The maximum absolute atomic E-state index is 13.0. The van der Waals surface area contributed by atoms with Crippen LogP contribution in [0.4, 0.5) is 20.4 Å². The van der Waals surface area contributed by atoms with Crippen LogP contribution in [-0.2, 0) is 18.4 Å². The van der Waals surface area contributed by atoms with Crippen LogP contribution in [0.1, 0.15) is 42.1 Å². The van der Waals surface area contributed by atoms with Crippen molar-refractivity contribution in [2.45, 2.75) is 39.2 Å². The minimum atomic E-state index is -2.70. The molecule has 1 heterocycles. The fraction of sp³-hybridized carbons (Fsp3) is 0.370. The number of hydrogen-bond acceptors (Lipinski definition) is 5. The van der Waals surface area contributed by atoms with Crippen LogP contribution in [0.3, 0.4) is 0 Å². The first-order valence-electron chi connectivity index (χ1n) is 12.4. The lowest BCUT2D eigenvalue weighted by molar-refractivity contribution is -0.117. The number of halogens is 4. The van der Waals surface area contributed by atoms with E-state index in [2.05, 4.69) is 27.5 Å². The molecular formula is C27H29Cl2F2N5O3. The number of nitrogens with zero attached hydrogens (tertiary/aromatic N) is 2. The molecule has 1 fully saturated rings. The van der Waals surface area contributed by atoms with Crippen LogP contribution in [-0.4, -0.2) is 40.9 Å². The van der Waals surface area contributed by atoms with Crippen LogP contribution < -0.4 is 20.7 Å². The lowest BCUT2D eigenvalue weighted by atomic mass is 9.85.